The molecule has 2 aromatic carbocycles. The van der Waals surface area contributed by atoms with Crippen LogP contribution in [0.25, 0.3) is 22.3 Å². The zero-order valence-electron chi connectivity index (χ0n) is 18.8. The van der Waals surface area contributed by atoms with Crippen LogP contribution < -0.4 is 0 Å². The summed E-state index contributed by atoms with van der Waals surface area (Å²) in [5.74, 6) is -0.205. The second-order valence-corrected chi connectivity index (χ2v) is 10.9. The molecule has 0 saturated heterocycles. The van der Waals surface area contributed by atoms with Crippen LogP contribution in [0.4, 0.5) is 0 Å². The van der Waals surface area contributed by atoms with E-state index in [-0.39, 0.29) is 22.4 Å². The number of aromatic nitrogens is 3. The number of carbonyl (C=O) groups excluding carboxylic acids is 1. The van der Waals surface area contributed by atoms with Crippen molar-refractivity contribution in [1.82, 2.24) is 19.9 Å². The van der Waals surface area contributed by atoms with Crippen LogP contribution in [0.5, 0.6) is 0 Å². The van der Waals surface area contributed by atoms with Gasteiger partial charge in [-0.25, -0.2) is 18.4 Å². The first-order valence-electron chi connectivity index (χ1n) is 10.5. The van der Waals surface area contributed by atoms with Crippen LogP contribution in [0.15, 0.2) is 69.3 Å². The molecule has 4 rings (SSSR count). The summed E-state index contributed by atoms with van der Waals surface area (Å²) in [6.45, 7) is 3.67. The van der Waals surface area contributed by atoms with Crippen LogP contribution >= 0.6 is 15.9 Å². The number of aliphatic hydroxyl groups is 1. The van der Waals surface area contributed by atoms with Gasteiger partial charge in [0.1, 0.15) is 5.52 Å². The first kappa shape index (κ1) is 24.1. The summed E-state index contributed by atoms with van der Waals surface area (Å²) in [5.41, 5.74) is 3.57. The van der Waals surface area contributed by atoms with E-state index in [4.69, 9.17) is 0 Å². The third-order valence-electron chi connectivity index (χ3n) is 5.34. The number of aromatic amines is 1. The summed E-state index contributed by atoms with van der Waals surface area (Å²) in [6.07, 6.45) is 2.33. The van der Waals surface area contributed by atoms with Gasteiger partial charge in [0, 0.05) is 35.4 Å². The number of amides is 1. The van der Waals surface area contributed by atoms with Crippen LogP contribution in [0.2, 0.25) is 0 Å². The lowest BCUT2D eigenvalue weighted by atomic mass is 10.1. The van der Waals surface area contributed by atoms with Crippen LogP contribution in [0, 0.1) is 6.92 Å². The summed E-state index contributed by atoms with van der Waals surface area (Å²) in [7, 11) is -2.27. The van der Waals surface area contributed by atoms with Crippen molar-refractivity contribution in [2.75, 3.05) is 13.6 Å². The lowest BCUT2D eigenvalue weighted by Gasteiger charge is -2.18. The summed E-state index contributed by atoms with van der Waals surface area (Å²) in [5, 5.41) is 9.36. The second-order valence-electron chi connectivity index (χ2n) is 8.16. The predicted molar refractivity (Wildman–Crippen MR) is 132 cm³/mol. The number of aryl methyl sites for hydroxylation is 1. The Balaban J connectivity index is 1.71. The Hall–Kier alpha value is -3.08. The summed E-state index contributed by atoms with van der Waals surface area (Å²) in [6, 6.07) is 12.0. The molecular weight excluding hydrogens is 520 g/mol. The fourth-order valence-electron chi connectivity index (χ4n) is 3.65. The summed E-state index contributed by atoms with van der Waals surface area (Å²) >= 11 is 3.32. The van der Waals surface area contributed by atoms with E-state index in [0.717, 1.165) is 11.1 Å². The molecule has 0 spiro atoms. The van der Waals surface area contributed by atoms with E-state index in [1.165, 1.54) is 11.1 Å². The van der Waals surface area contributed by atoms with Gasteiger partial charge in [0.25, 0.3) is 5.91 Å². The molecule has 0 saturated carbocycles. The van der Waals surface area contributed by atoms with E-state index >= 15 is 0 Å². The van der Waals surface area contributed by atoms with Gasteiger partial charge >= 0.3 is 0 Å². The number of nitrogens with zero attached hydrogens (tertiary/aromatic N) is 3. The summed E-state index contributed by atoms with van der Waals surface area (Å²) < 4.78 is 27.0. The number of rotatable bonds is 6. The number of carbonyl (C=O) groups is 1. The lowest BCUT2D eigenvalue weighted by Crippen LogP contribution is -2.32. The molecule has 0 aliphatic rings. The zero-order valence-corrected chi connectivity index (χ0v) is 21.2. The Morgan fingerprint density at radius 2 is 1.91 bits per heavy atom. The monoisotopic (exact) mass is 542 g/mol. The van der Waals surface area contributed by atoms with Gasteiger partial charge in [-0.05, 0) is 65.2 Å². The first-order valence-corrected chi connectivity index (χ1v) is 12.7. The van der Waals surface area contributed by atoms with E-state index in [1.54, 1.807) is 56.6 Å². The molecule has 8 nitrogen and oxygen atoms in total. The average molecular weight is 543 g/mol. The molecule has 0 fully saturated rings. The minimum atomic E-state index is -3.90. The van der Waals surface area contributed by atoms with Crippen LogP contribution in [-0.2, 0) is 9.84 Å². The molecule has 1 atom stereocenters. The maximum atomic E-state index is 13.3. The van der Waals surface area contributed by atoms with E-state index in [2.05, 4.69) is 30.9 Å². The number of hydrogen-bond donors (Lipinski definition) is 2. The highest BCUT2D eigenvalue weighted by atomic mass is 79.9. The molecular formula is C24H23BrN4O4S. The molecule has 4 aromatic rings. The molecule has 34 heavy (non-hydrogen) atoms. The molecule has 1 amide bonds. The fraction of sp³-hybridized carbons (Fsp3) is 0.208. The van der Waals surface area contributed by atoms with Crippen molar-refractivity contribution in [3.05, 3.63) is 70.5 Å². The minimum Gasteiger partial charge on any atom is -0.392 e. The Kier molecular flexibility index (Phi) is 6.57. The van der Waals surface area contributed by atoms with Crippen molar-refractivity contribution in [1.29, 1.82) is 0 Å². The molecule has 0 aliphatic carbocycles. The number of aliphatic hydroxyl groups excluding tert-OH is 1. The molecule has 10 heteroatoms. The highest BCUT2D eigenvalue weighted by Crippen LogP contribution is 2.31. The van der Waals surface area contributed by atoms with E-state index in [9.17, 15) is 18.3 Å². The molecule has 2 heterocycles. The molecule has 0 unspecified atom stereocenters. The molecule has 176 valence electrons. The minimum absolute atomic E-state index is 0.127. The topological polar surface area (TPSA) is 116 Å². The van der Waals surface area contributed by atoms with Crippen LogP contribution in [0.3, 0.4) is 0 Å². The third kappa shape index (κ3) is 4.61. The zero-order chi connectivity index (χ0) is 24.6. The van der Waals surface area contributed by atoms with Gasteiger partial charge in [-0.2, -0.15) is 0 Å². The number of nitrogens with one attached hydrogen (secondary N) is 1. The van der Waals surface area contributed by atoms with Gasteiger partial charge in [-0.15, -0.1) is 0 Å². The number of H-pyrrole nitrogens is 1. The molecule has 2 N–H and O–H groups in total. The first-order chi connectivity index (χ1) is 16.1. The van der Waals surface area contributed by atoms with E-state index < -0.39 is 15.9 Å². The van der Waals surface area contributed by atoms with Gasteiger partial charge in [0.2, 0.25) is 9.84 Å². The van der Waals surface area contributed by atoms with E-state index in [1.807, 2.05) is 13.0 Å². The van der Waals surface area contributed by atoms with Crippen molar-refractivity contribution in [3.63, 3.8) is 0 Å². The number of benzene rings is 2. The van der Waals surface area contributed by atoms with Gasteiger partial charge in [0.05, 0.1) is 17.2 Å². The van der Waals surface area contributed by atoms with Crippen molar-refractivity contribution >= 4 is 42.8 Å². The Bertz CT molecular complexity index is 1480. The summed E-state index contributed by atoms with van der Waals surface area (Å²) in [4.78, 5) is 25.9. The predicted octanol–water partition coefficient (Wildman–Crippen LogP) is 3.98. The normalized spacial score (nSPS) is 12.6. The standard InChI is InChI=1S/C24H23BrN4O4S/c1-14-4-9-19(25)20(10-14)34(32,33)21-12-27-23-22(28-21)18(11-26-23)16-5-7-17(8-6-16)24(31)29(3)13-15(2)30/h4-12,15,30H,13H2,1-3H3,(H,26,27)/t15-/m0/s1. The number of halogens is 1. The third-order valence-corrected chi connectivity index (χ3v) is 7.96. The van der Waals surface area contributed by atoms with E-state index in [0.29, 0.717) is 26.8 Å². The van der Waals surface area contributed by atoms with Gasteiger partial charge in [-0.3, -0.25) is 4.79 Å². The number of likely N-dealkylation sites (N-methyl/N-ethyl adjacent to an activating group) is 1. The quantitative estimate of drug-likeness (QED) is 0.380. The smallest absolute Gasteiger partial charge is 0.253 e. The van der Waals surface area contributed by atoms with Gasteiger partial charge in [-0.1, -0.05) is 18.2 Å². The largest absolute Gasteiger partial charge is 0.392 e. The van der Waals surface area contributed by atoms with Crippen molar-refractivity contribution < 1.29 is 18.3 Å². The highest BCUT2D eigenvalue weighted by molar-refractivity contribution is 9.10. The van der Waals surface area contributed by atoms with Crippen LogP contribution in [0.1, 0.15) is 22.8 Å². The maximum Gasteiger partial charge on any atom is 0.253 e. The Labute approximate surface area is 205 Å². The van der Waals surface area contributed by atoms with Crippen molar-refractivity contribution in [3.8, 4) is 11.1 Å². The fourth-order valence-corrected chi connectivity index (χ4v) is 5.83. The molecule has 0 aliphatic heterocycles. The average Bonchev–Trinajstić information content (AvgIpc) is 3.23. The lowest BCUT2D eigenvalue weighted by molar-refractivity contribution is 0.0703. The van der Waals surface area contributed by atoms with Crippen LogP contribution in [-0.4, -0.2) is 59.0 Å². The number of fused-ring (bicyclic) bond motifs is 1. The highest BCUT2D eigenvalue weighted by Gasteiger charge is 2.24. The Morgan fingerprint density at radius 1 is 1.21 bits per heavy atom. The molecule has 2 aromatic heterocycles. The molecule has 0 bridgehead atoms. The SMILES string of the molecule is Cc1ccc(Br)c(S(=O)(=O)c2cnc3[nH]cc(-c4ccc(C(=O)N(C)C[C@H](C)O)cc4)c3n2)c1. The second kappa shape index (κ2) is 9.28. The van der Waals surface area contributed by atoms with Gasteiger partial charge in [0.15, 0.2) is 10.7 Å². The maximum absolute atomic E-state index is 13.3. The number of sulfone groups is 1. The van der Waals surface area contributed by atoms with Gasteiger partial charge < -0.3 is 15.0 Å². The van der Waals surface area contributed by atoms with Crippen molar-refractivity contribution in [2.24, 2.45) is 0 Å². The number of hydrogen-bond acceptors (Lipinski definition) is 6. The van der Waals surface area contributed by atoms with Crippen molar-refractivity contribution in [2.45, 2.75) is 29.9 Å². The Morgan fingerprint density at radius 3 is 2.59 bits per heavy atom. The molecule has 0 radical (unpaired) electrons.